The average Bonchev–Trinajstić information content (AvgIpc) is 2.72. The molecule has 64 valence electrons. The zero-order chi connectivity index (χ0) is 8.27. The lowest BCUT2D eigenvalue weighted by molar-refractivity contribution is -0.147. The van der Waals surface area contributed by atoms with E-state index in [1.807, 2.05) is 13.8 Å². The standard InChI is InChI=1S/C8H15NO2/c1-3-11-8(10)7(2)6-9-4-5-9/h7H,3-6H2,1-2H3. The molecular weight excluding hydrogens is 142 g/mol. The molecule has 1 fully saturated rings. The van der Waals surface area contributed by atoms with Gasteiger partial charge in [0.05, 0.1) is 12.5 Å². The van der Waals surface area contributed by atoms with Crippen molar-refractivity contribution in [3.63, 3.8) is 0 Å². The van der Waals surface area contributed by atoms with Gasteiger partial charge in [-0.2, -0.15) is 0 Å². The summed E-state index contributed by atoms with van der Waals surface area (Å²) in [7, 11) is 0. The van der Waals surface area contributed by atoms with Crippen LogP contribution in [0, 0.1) is 5.92 Å². The highest BCUT2D eigenvalue weighted by atomic mass is 16.5. The first-order valence-electron chi connectivity index (χ1n) is 4.13. The van der Waals surface area contributed by atoms with Crippen molar-refractivity contribution in [1.82, 2.24) is 4.90 Å². The summed E-state index contributed by atoms with van der Waals surface area (Å²) in [5, 5.41) is 0. The van der Waals surface area contributed by atoms with Gasteiger partial charge >= 0.3 is 5.97 Å². The summed E-state index contributed by atoms with van der Waals surface area (Å²) < 4.78 is 4.87. The number of esters is 1. The second-order valence-electron chi connectivity index (χ2n) is 2.95. The molecule has 1 atom stereocenters. The number of nitrogens with zero attached hydrogens (tertiary/aromatic N) is 1. The van der Waals surface area contributed by atoms with Crippen LogP contribution in [0.2, 0.25) is 0 Å². The van der Waals surface area contributed by atoms with E-state index in [4.69, 9.17) is 4.74 Å². The van der Waals surface area contributed by atoms with Gasteiger partial charge in [-0.05, 0) is 6.92 Å². The van der Waals surface area contributed by atoms with E-state index < -0.39 is 0 Å². The van der Waals surface area contributed by atoms with Gasteiger partial charge in [0, 0.05) is 19.6 Å². The molecule has 0 aromatic carbocycles. The first-order chi connectivity index (χ1) is 5.24. The second-order valence-corrected chi connectivity index (χ2v) is 2.95. The van der Waals surface area contributed by atoms with Crippen LogP contribution in [0.1, 0.15) is 13.8 Å². The molecule has 1 aliphatic heterocycles. The van der Waals surface area contributed by atoms with Crippen molar-refractivity contribution < 1.29 is 9.53 Å². The maximum Gasteiger partial charge on any atom is 0.309 e. The molecule has 1 aliphatic rings. The normalized spacial score (nSPS) is 19.5. The highest BCUT2D eigenvalue weighted by Crippen LogP contribution is 2.09. The van der Waals surface area contributed by atoms with Crippen LogP contribution in [0.4, 0.5) is 0 Å². The number of carbonyl (C=O) groups is 1. The Balaban J connectivity index is 2.15. The Morgan fingerprint density at radius 3 is 2.73 bits per heavy atom. The lowest BCUT2D eigenvalue weighted by Crippen LogP contribution is -2.22. The first kappa shape index (κ1) is 8.53. The fourth-order valence-electron chi connectivity index (χ4n) is 1.000. The van der Waals surface area contributed by atoms with E-state index in [1.165, 1.54) is 0 Å². The van der Waals surface area contributed by atoms with Gasteiger partial charge in [0.15, 0.2) is 0 Å². The summed E-state index contributed by atoms with van der Waals surface area (Å²) in [4.78, 5) is 13.3. The minimum atomic E-state index is -0.0700. The van der Waals surface area contributed by atoms with E-state index in [-0.39, 0.29) is 11.9 Å². The molecule has 1 heterocycles. The van der Waals surface area contributed by atoms with Crippen LogP contribution in [0.5, 0.6) is 0 Å². The molecule has 0 bridgehead atoms. The molecule has 0 aliphatic carbocycles. The Kier molecular flexibility index (Phi) is 2.88. The van der Waals surface area contributed by atoms with Gasteiger partial charge in [0.25, 0.3) is 0 Å². The molecule has 11 heavy (non-hydrogen) atoms. The van der Waals surface area contributed by atoms with Crippen LogP contribution in [-0.4, -0.2) is 37.1 Å². The quantitative estimate of drug-likeness (QED) is 0.439. The highest BCUT2D eigenvalue weighted by Gasteiger charge is 2.23. The molecule has 0 saturated carbocycles. The molecule has 0 N–H and O–H groups in total. The number of hydrogen-bond acceptors (Lipinski definition) is 3. The van der Waals surface area contributed by atoms with Crippen LogP contribution in [0.25, 0.3) is 0 Å². The Bertz CT molecular complexity index is 143. The van der Waals surface area contributed by atoms with Crippen molar-refractivity contribution >= 4 is 5.97 Å². The second kappa shape index (κ2) is 3.72. The molecule has 3 heteroatoms. The van der Waals surface area contributed by atoms with Crippen molar-refractivity contribution in [2.45, 2.75) is 13.8 Å². The zero-order valence-electron chi connectivity index (χ0n) is 7.17. The summed E-state index contributed by atoms with van der Waals surface area (Å²) in [6.07, 6.45) is 0. The Hall–Kier alpha value is -0.570. The minimum Gasteiger partial charge on any atom is -0.466 e. The van der Waals surface area contributed by atoms with Gasteiger partial charge < -0.3 is 4.74 Å². The van der Waals surface area contributed by atoms with Crippen molar-refractivity contribution in [2.75, 3.05) is 26.2 Å². The lowest BCUT2D eigenvalue weighted by Gasteiger charge is -2.09. The van der Waals surface area contributed by atoms with Crippen LogP contribution < -0.4 is 0 Å². The summed E-state index contributed by atoms with van der Waals surface area (Å²) in [6.45, 7) is 7.38. The maximum absolute atomic E-state index is 11.1. The first-order valence-corrected chi connectivity index (χ1v) is 4.13. The number of rotatable bonds is 4. The van der Waals surface area contributed by atoms with E-state index in [2.05, 4.69) is 4.90 Å². The zero-order valence-corrected chi connectivity index (χ0v) is 7.17. The minimum absolute atomic E-state index is 0.0393. The van der Waals surface area contributed by atoms with Gasteiger partial charge in [-0.1, -0.05) is 6.92 Å². The third-order valence-corrected chi connectivity index (χ3v) is 1.76. The molecule has 3 nitrogen and oxygen atoms in total. The molecule has 0 amide bonds. The molecule has 1 rings (SSSR count). The molecular formula is C8H15NO2. The average molecular weight is 157 g/mol. The Morgan fingerprint density at radius 2 is 2.27 bits per heavy atom. The monoisotopic (exact) mass is 157 g/mol. The van der Waals surface area contributed by atoms with Crippen LogP contribution >= 0.6 is 0 Å². The Labute approximate surface area is 67.3 Å². The van der Waals surface area contributed by atoms with E-state index in [9.17, 15) is 4.79 Å². The van der Waals surface area contributed by atoms with E-state index in [0.29, 0.717) is 6.61 Å². The largest absolute Gasteiger partial charge is 0.466 e. The topological polar surface area (TPSA) is 29.3 Å². The third-order valence-electron chi connectivity index (χ3n) is 1.76. The molecule has 0 spiro atoms. The van der Waals surface area contributed by atoms with E-state index >= 15 is 0 Å². The van der Waals surface area contributed by atoms with Crippen LogP contribution in [-0.2, 0) is 9.53 Å². The molecule has 1 saturated heterocycles. The number of ether oxygens (including phenoxy) is 1. The van der Waals surface area contributed by atoms with Crippen molar-refractivity contribution in [1.29, 1.82) is 0 Å². The summed E-state index contributed by atoms with van der Waals surface area (Å²) in [6, 6.07) is 0. The van der Waals surface area contributed by atoms with E-state index in [0.717, 1.165) is 19.6 Å². The van der Waals surface area contributed by atoms with Crippen LogP contribution in [0.3, 0.4) is 0 Å². The molecule has 1 unspecified atom stereocenters. The summed E-state index contributed by atoms with van der Waals surface area (Å²) in [5.41, 5.74) is 0. The van der Waals surface area contributed by atoms with Crippen molar-refractivity contribution in [3.05, 3.63) is 0 Å². The fourth-order valence-corrected chi connectivity index (χ4v) is 1.000. The highest BCUT2D eigenvalue weighted by molar-refractivity contribution is 5.72. The maximum atomic E-state index is 11.1. The Morgan fingerprint density at radius 1 is 1.64 bits per heavy atom. The van der Waals surface area contributed by atoms with E-state index in [1.54, 1.807) is 0 Å². The predicted octanol–water partition coefficient (Wildman–Crippen LogP) is 0.501. The third kappa shape index (κ3) is 2.89. The predicted molar refractivity (Wildman–Crippen MR) is 42.2 cm³/mol. The lowest BCUT2D eigenvalue weighted by atomic mass is 10.2. The van der Waals surface area contributed by atoms with Gasteiger partial charge in [-0.15, -0.1) is 0 Å². The molecule has 0 radical (unpaired) electrons. The van der Waals surface area contributed by atoms with Gasteiger partial charge in [-0.3, -0.25) is 9.69 Å². The summed E-state index contributed by atoms with van der Waals surface area (Å²) >= 11 is 0. The SMILES string of the molecule is CCOC(=O)C(C)CN1CC1. The number of carbonyl (C=O) groups excluding carboxylic acids is 1. The molecule has 0 aromatic heterocycles. The number of hydrogen-bond donors (Lipinski definition) is 0. The smallest absolute Gasteiger partial charge is 0.309 e. The summed E-state index contributed by atoms with van der Waals surface area (Å²) in [5.74, 6) is -0.0307. The molecule has 0 aromatic rings. The van der Waals surface area contributed by atoms with Gasteiger partial charge in [0.1, 0.15) is 0 Å². The van der Waals surface area contributed by atoms with Gasteiger partial charge in [-0.25, -0.2) is 0 Å². The van der Waals surface area contributed by atoms with Crippen molar-refractivity contribution in [3.8, 4) is 0 Å². The van der Waals surface area contributed by atoms with Gasteiger partial charge in [0.2, 0.25) is 0 Å². The fraction of sp³-hybridized carbons (Fsp3) is 0.875. The van der Waals surface area contributed by atoms with Crippen LogP contribution in [0.15, 0.2) is 0 Å². The van der Waals surface area contributed by atoms with Crippen molar-refractivity contribution in [2.24, 2.45) is 5.92 Å².